The van der Waals surface area contributed by atoms with E-state index in [4.69, 9.17) is 0 Å². The highest BCUT2D eigenvalue weighted by molar-refractivity contribution is 5.88. The van der Waals surface area contributed by atoms with Crippen molar-refractivity contribution in [2.45, 2.75) is 13.1 Å². The molecule has 0 aromatic carbocycles. The molecule has 0 radical (unpaired) electrons. The van der Waals surface area contributed by atoms with Gasteiger partial charge >= 0.3 is 6.18 Å². The Balaban J connectivity index is 1.69. The summed E-state index contributed by atoms with van der Waals surface area (Å²) in [4.78, 5) is 16.1. The van der Waals surface area contributed by atoms with Crippen LogP contribution < -0.4 is 10.6 Å². The number of aryl methyl sites for hydroxylation is 1. The summed E-state index contributed by atoms with van der Waals surface area (Å²) in [6.07, 6.45) is 3.17. The SMILES string of the molecule is C=C1C=C(c2ccnc(Nc3ccnc(C)n3)c2)C=C(c2cccnc2C(F)(F)F)N1. The number of pyridine rings is 2. The number of dihydropyridines is 1. The van der Waals surface area contributed by atoms with Crippen molar-refractivity contribution in [2.24, 2.45) is 0 Å². The lowest BCUT2D eigenvalue weighted by Gasteiger charge is -2.21. The van der Waals surface area contributed by atoms with Gasteiger partial charge in [-0.15, -0.1) is 0 Å². The minimum atomic E-state index is -4.58. The van der Waals surface area contributed by atoms with E-state index >= 15 is 0 Å². The predicted octanol–water partition coefficient (Wildman–Crippen LogP) is 4.88. The molecule has 1 aliphatic rings. The van der Waals surface area contributed by atoms with Crippen LogP contribution in [-0.2, 0) is 6.18 Å². The monoisotopic (exact) mass is 422 g/mol. The van der Waals surface area contributed by atoms with Gasteiger partial charge in [-0.3, -0.25) is 4.98 Å². The number of nitrogens with zero attached hydrogens (tertiary/aromatic N) is 4. The number of hydrogen-bond donors (Lipinski definition) is 2. The molecule has 0 unspecified atom stereocenters. The molecule has 0 spiro atoms. The maximum Gasteiger partial charge on any atom is 0.434 e. The van der Waals surface area contributed by atoms with Gasteiger partial charge in [-0.2, -0.15) is 13.2 Å². The van der Waals surface area contributed by atoms with E-state index < -0.39 is 11.9 Å². The molecule has 156 valence electrons. The molecule has 9 heteroatoms. The van der Waals surface area contributed by atoms with Crippen molar-refractivity contribution < 1.29 is 13.2 Å². The van der Waals surface area contributed by atoms with Gasteiger partial charge in [0, 0.05) is 35.5 Å². The number of halogens is 3. The quantitative estimate of drug-likeness (QED) is 0.624. The highest BCUT2D eigenvalue weighted by Crippen LogP contribution is 2.35. The third-order valence-electron chi connectivity index (χ3n) is 4.42. The molecular weight excluding hydrogens is 405 g/mol. The van der Waals surface area contributed by atoms with Gasteiger partial charge in [-0.25, -0.2) is 15.0 Å². The number of aromatic nitrogens is 4. The average molecular weight is 422 g/mol. The molecule has 0 bridgehead atoms. The summed E-state index contributed by atoms with van der Waals surface area (Å²) in [6, 6.07) is 8.10. The zero-order valence-electron chi connectivity index (χ0n) is 16.4. The Morgan fingerprint density at radius 1 is 0.968 bits per heavy atom. The Kier molecular flexibility index (Phi) is 5.24. The summed E-state index contributed by atoms with van der Waals surface area (Å²) in [5.41, 5.74) is 1.15. The molecule has 4 rings (SSSR count). The molecule has 0 fully saturated rings. The lowest BCUT2D eigenvalue weighted by atomic mass is 9.98. The van der Waals surface area contributed by atoms with Crippen LogP contribution in [0, 0.1) is 6.92 Å². The Morgan fingerprint density at radius 3 is 2.55 bits per heavy atom. The van der Waals surface area contributed by atoms with E-state index in [1.54, 1.807) is 49.7 Å². The second-order valence-electron chi connectivity index (χ2n) is 6.75. The highest BCUT2D eigenvalue weighted by atomic mass is 19.4. The Hall–Kier alpha value is -4.01. The lowest BCUT2D eigenvalue weighted by molar-refractivity contribution is -0.141. The van der Waals surface area contributed by atoms with Gasteiger partial charge in [-0.1, -0.05) is 6.58 Å². The summed E-state index contributed by atoms with van der Waals surface area (Å²) >= 11 is 0. The number of allylic oxidation sites excluding steroid dienone is 3. The minimum Gasteiger partial charge on any atom is -0.355 e. The van der Waals surface area contributed by atoms with Gasteiger partial charge < -0.3 is 10.6 Å². The Bertz CT molecular complexity index is 1210. The number of alkyl halides is 3. The molecule has 3 aromatic rings. The number of nitrogens with one attached hydrogen (secondary N) is 2. The van der Waals surface area contributed by atoms with Crippen LogP contribution in [0.1, 0.15) is 22.6 Å². The predicted molar refractivity (Wildman–Crippen MR) is 112 cm³/mol. The summed E-state index contributed by atoms with van der Waals surface area (Å²) < 4.78 is 40.3. The number of hydrogen-bond acceptors (Lipinski definition) is 6. The molecule has 2 N–H and O–H groups in total. The molecule has 3 aromatic heterocycles. The molecule has 0 saturated carbocycles. The standard InChI is InChI=1S/C22H17F3N6/c1-13-10-16(11-18(29-13)17-4-3-7-28-21(17)22(23,24)25)15-5-8-27-20(12-15)31-19-6-9-26-14(2)30-19/h3-12,29H,1H2,2H3,(H,26,27,30,31). The van der Waals surface area contributed by atoms with E-state index in [9.17, 15) is 13.2 Å². The summed E-state index contributed by atoms with van der Waals surface area (Å²) in [7, 11) is 0. The first-order chi connectivity index (χ1) is 14.8. The molecule has 0 atom stereocenters. The summed E-state index contributed by atoms with van der Waals surface area (Å²) in [5.74, 6) is 1.73. The van der Waals surface area contributed by atoms with E-state index in [1.165, 1.54) is 12.1 Å². The maximum absolute atomic E-state index is 13.4. The normalized spacial score (nSPS) is 13.9. The Labute approximate surface area is 176 Å². The fraction of sp³-hybridized carbons (Fsp3) is 0.0909. The molecule has 4 heterocycles. The molecule has 6 nitrogen and oxygen atoms in total. The molecule has 0 saturated heterocycles. The molecule has 31 heavy (non-hydrogen) atoms. The first-order valence-corrected chi connectivity index (χ1v) is 9.24. The summed E-state index contributed by atoms with van der Waals surface area (Å²) in [5, 5.41) is 6.01. The molecule has 1 aliphatic heterocycles. The van der Waals surface area contributed by atoms with Gasteiger partial charge in [0.2, 0.25) is 0 Å². The van der Waals surface area contributed by atoms with Crippen LogP contribution in [0.5, 0.6) is 0 Å². The van der Waals surface area contributed by atoms with Crippen molar-refractivity contribution in [2.75, 3.05) is 5.32 Å². The van der Waals surface area contributed by atoms with E-state index in [0.29, 0.717) is 28.7 Å². The third-order valence-corrected chi connectivity index (χ3v) is 4.42. The second-order valence-corrected chi connectivity index (χ2v) is 6.75. The molecule has 0 amide bonds. The van der Waals surface area contributed by atoms with Crippen LogP contribution >= 0.6 is 0 Å². The van der Waals surface area contributed by atoms with Crippen molar-refractivity contribution in [1.82, 2.24) is 25.3 Å². The van der Waals surface area contributed by atoms with Crippen LogP contribution in [0.4, 0.5) is 24.8 Å². The van der Waals surface area contributed by atoms with Crippen LogP contribution in [-0.4, -0.2) is 19.9 Å². The van der Waals surface area contributed by atoms with Crippen LogP contribution in [0.15, 0.2) is 73.4 Å². The van der Waals surface area contributed by atoms with Crippen molar-refractivity contribution in [3.05, 3.63) is 96.0 Å². The molecular formula is C22H17F3N6. The van der Waals surface area contributed by atoms with Crippen LogP contribution in [0.2, 0.25) is 0 Å². The fourth-order valence-corrected chi connectivity index (χ4v) is 3.13. The zero-order chi connectivity index (χ0) is 22.0. The average Bonchev–Trinajstić information content (AvgIpc) is 2.73. The first kappa shape index (κ1) is 20.3. The van der Waals surface area contributed by atoms with Gasteiger partial charge in [0.1, 0.15) is 17.5 Å². The maximum atomic E-state index is 13.4. The van der Waals surface area contributed by atoms with Crippen molar-refractivity contribution in [1.29, 1.82) is 0 Å². The number of anilines is 2. The smallest absolute Gasteiger partial charge is 0.355 e. The highest BCUT2D eigenvalue weighted by Gasteiger charge is 2.36. The minimum absolute atomic E-state index is 0.0504. The van der Waals surface area contributed by atoms with E-state index in [1.807, 2.05) is 0 Å². The third kappa shape index (κ3) is 4.61. The fourth-order valence-electron chi connectivity index (χ4n) is 3.13. The van der Waals surface area contributed by atoms with Crippen molar-refractivity contribution >= 4 is 22.9 Å². The van der Waals surface area contributed by atoms with Crippen molar-refractivity contribution in [3.63, 3.8) is 0 Å². The Morgan fingerprint density at radius 2 is 1.77 bits per heavy atom. The summed E-state index contributed by atoms with van der Waals surface area (Å²) in [6.45, 7) is 5.66. The van der Waals surface area contributed by atoms with E-state index in [0.717, 1.165) is 11.8 Å². The van der Waals surface area contributed by atoms with Crippen LogP contribution in [0.3, 0.4) is 0 Å². The topological polar surface area (TPSA) is 75.6 Å². The second kappa shape index (κ2) is 8.02. The van der Waals surface area contributed by atoms with Gasteiger partial charge in [0.05, 0.1) is 0 Å². The van der Waals surface area contributed by atoms with E-state index in [-0.39, 0.29) is 11.3 Å². The zero-order valence-corrected chi connectivity index (χ0v) is 16.4. The number of rotatable bonds is 4. The van der Waals surface area contributed by atoms with Gasteiger partial charge in [-0.05, 0) is 60.5 Å². The van der Waals surface area contributed by atoms with Gasteiger partial charge in [0.25, 0.3) is 0 Å². The molecule has 0 aliphatic carbocycles. The van der Waals surface area contributed by atoms with Crippen LogP contribution in [0.25, 0.3) is 11.3 Å². The lowest BCUT2D eigenvalue weighted by Crippen LogP contribution is -2.19. The van der Waals surface area contributed by atoms with E-state index in [2.05, 4.69) is 37.1 Å². The first-order valence-electron chi connectivity index (χ1n) is 9.24. The van der Waals surface area contributed by atoms with Crippen molar-refractivity contribution in [3.8, 4) is 0 Å². The largest absolute Gasteiger partial charge is 0.434 e. The van der Waals surface area contributed by atoms with Gasteiger partial charge in [0.15, 0.2) is 5.69 Å².